The molecule has 1 amide bonds. The lowest BCUT2D eigenvalue weighted by atomic mass is 9.92. The lowest BCUT2D eigenvalue weighted by Gasteiger charge is -2.42. The zero-order chi connectivity index (χ0) is 31.8. The van der Waals surface area contributed by atoms with Crippen molar-refractivity contribution in [3.8, 4) is 0 Å². The fourth-order valence-electron chi connectivity index (χ4n) is 5.57. The molecular weight excluding hydrogens is 598 g/mol. The van der Waals surface area contributed by atoms with Crippen LogP contribution >= 0.6 is 0 Å². The van der Waals surface area contributed by atoms with Crippen molar-refractivity contribution >= 4 is 22.1 Å². The summed E-state index contributed by atoms with van der Waals surface area (Å²) in [6.45, 7) is 5.01. The molecule has 0 aliphatic carbocycles. The van der Waals surface area contributed by atoms with Crippen molar-refractivity contribution in [3.63, 3.8) is 0 Å². The highest BCUT2D eigenvalue weighted by molar-refractivity contribution is 7.89. The maximum Gasteiger partial charge on any atom is 0.407 e. The highest BCUT2D eigenvalue weighted by Gasteiger charge is 2.47. The molecule has 0 spiro atoms. The predicted molar refractivity (Wildman–Crippen MR) is 154 cm³/mol. The molecule has 2 aliphatic rings. The number of halogens is 2. The minimum absolute atomic E-state index is 0.000313. The van der Waals surface area contributed by atoms with Gasteiger partial charge in [0, 0.05) is 23.7 Å². The Morgan fingerprint density at radius 1 is 1.11 bits per heavy atom. The third-order valence-electron chi connectivity index (χ3n) is 7.38. The van der Waals surface area contributed by atoms with E-state index in [4.69, 9.17) is 14.2 Å². The van der Waals surface area contributed by atoms with E-state index in [0.717, 1.165) is 34.1 Å². The second kappa shape index (κ2) is 12.3. The maximum absolute atomic E-state index is 14.9. The van der Waals surface area contributed by atoms with E-state index in [1.807, 2.05) is 18.2 Å². The fourth-order valence-corrected chi connectivity index (χ4v) is 6.35. The molecule has 0 unspecified atom stereocenters. The van der Waals surface area contributed by atoms with Crippen molar-refractivity contribution in [2.24, 2.45) is 0 Å². The van der Waals surface area contributed by atoms with Gasteiger partial charge in [0.1, 0.15) is 36.0 Å². The molecule has 4 atom stereocenters. The van der Waals surface area contributed by atoms with E-state index in [2.05, 4.69) is 10.4 Å². The monoisotopic (exact) mass is 632 g/mol. The van der Waals surface area contributed by atoms with E-state index in [-0.39, 0.29) is 31.7 Å². The van der Waals surface area contributed by atoms with Crippen LogP contribution in [0.1, 0.15) is 61.7 Å². The number of hydrogen-bond donors (Lipinski definition) is 1. The van der Waals surface area contributed by atoms with Crippen molar-refractivity contribution in [1.29, 1.82) is 0 Å². The van der Waals surface area contributed by atoms with E-state index in [0.29, 0.717) is 11.3 Å². The number of carbonyl (C=O) groups excluding carboxylic acids is 2. The Balaban J connectivity index is 1.45. The molecule has 1 aromatic heterocycles. The molecule has 1 N–H and O–H groups in total. The molecule has 3 heterocycles. The molecule has 5 rings (SSSR count). The van der Waals surface area contributed by atoms with E-state index in [1.54, 1.807) is 37.8 Å². The fraction of sp³-hybridized carbons (Fsp3) is 0.433. The number of hydrogen-bond acceptors (Lipinski definition) is 9. The number of esters is 1. The highest BCUT2D eigenvalue weighted by atomic mass is 32.2. The van der Waals surface area contributed by atoms with Crippen LogP contribution in [0, 0.1) is 11.6 Å². The van der Waals surface area contributed by atoms with Crippen molar-refractivity contribution < 1.29 is 41.0 Å². The van der Waals surface area contributed by atoms with Gasteiger partial charge in [0.2, 0.25) is 0 Å². The molecule has 1 fully saturated rings. The van der Waals surface area contributed by atoms with Gasteiger partial charge in [-0.3, -0.25) is 4.90 Å². The van der Waals surface area contributed by atoms with Crippen molar-refractivity contribution in [2.45, 2.75) is 70.2 Å². The van der Waals surface area contributed by atoms with Crippen LogP contribution in [0.4, 0.5) is 13.6 Å². The summed E-state index contributed by atoms with van der Waals surface area (Å²) in [6.07, 6.45) is 0.600. The minimum atomic E-state index is -3.80. The second-order valence-corrected chi connectivity index (χ2v) is 13.7. The topological polar surface area (TPSA) is 129 Å². The lowest BCUT2D eigenvalue weighted by Crippen LogP contribution is -2.53. The second-order valence-electron chi connectivity index (χ2n) is 11.9. The largest absolute Gasteiger partial charge is 0.459 e. The Morgan fingerprint density at radius 3 is 2.52 bits per heavy atom. The quantitative estimate of drug-likeness (QED) is 0.385. The van der Waals surface area contributed by atoms with Crippen molar-refractivity contribution in [1.82, 2.24) is 19.4 Å². The van der Waals surface area contributed by atoms with Crippen LogP contribution in [0.25, 0.3) is 0 Å². The Kier molecular flexibility index (Phi) is 8.78. The van der Waals surface area contributed by atoms with Crippen molar-refractivity contribution in [3.05, 3.63) is 88.7 Å². The average molecular weight is 633 g/mol. The summed E-state index contributed by atoms with van der Waals surface area (Å²) in [4.78, 5) is 28.2. The number of nitrogens with zero attached hydrogens (tertiary/aromatic N) is 3. The zero-order valence-corrected chi connectivity index (χ0v) is 25.5. The number of ether oxygens (including phenoxy) is 3. The summed E-state index contributed by atoms with van der Waals surface area (Å²) < 4.78 is 72.1. The molecule has 236 valence electrons. The Labute approximate surface area is 254 Å². The molecule has 1 saturated heterocycles. The van der Waals surface area contributed by atoms with Crippen LogP contribution < -0.4 is 5.32 Å². The molecule has 14 heteroatoms. The third kappa shape index (κ3) is 6.92. The van der Waals surface area contributed by atoms with Gasteiger partial charge in [0.05, 0.1) is 30.8 Å². The Bertz CT molecular complexity index is 1640. The van der Waals surface area contributed by atoms with Gasteiger partial charge in [-0.2, -0.15) is 9.19 Å². The number of benzene rings is 2. The predicted octanol–water partition coefficient (Wildman–Crippen LogP) is 3.99. The van der Waals surface area contributed by atoms with Gasteiger partial charge in [0.25, 0.3) is 10.0 Å². The molecule has 2 aromatic carbocycles. The number of aromatic nitrogens is 2. The summed E-state index contributed by atoms with van der Waals surface area (Å²) in [6, 6.07) is 9.53. The standard InChI is InChI=1S/C30H34F2N4O7S/c1-30(2,3)43-29(38)34-24-13-20(17-41-27(24)21-12-19(31)10-11-23(21)32)35-15-25-22(14-33-36(25)44(4,39)40)26(35)28(37)42-16-18-8-6-5-7-9-18/h5-12,14,20,24,26-27H,13,15-17H2,1-4H3,(H,34,38)/t20-,24+,26-,27-/m1/s1. The van der Waals surface area contributed by atoms with Crippen LogP contribution in [-0.2, 0) is 42.2 Å². The number of rotatable bonds is 7. The molecule has 0 radical (unpaired) electrons. The molecule has 44 heavy (non-hydrogen) atoms. The minimum Gasteiger partial charge on any atom is -0.459 e. The van der Waals surface area contributed by atoms with Crippen LogP contribution in [0.5, 0.6) is 0 Å². The molecule has 2 aliphatic heterocycles. The first-order chi connectivity index (χ1) is 20.7. The number of alkyl carbamates (subject to hydrolysis) is 1. The first-order valence-electron chi connectivity index (χ1n) is 14.0. The van der Waals surface area contributed by atoms with Crippen molar-refractivity contribution in [2.75, 3.05) is 12.9 Å². The molecular formula is C30H34F2N4O7S. The number of carbonyl (C=O) groups is 2. The molecule has 0 saturated carbocycles. The van der Waals surface area contributed by atoms with Gasteiger partial charge in [0.15, 0.2) is 0 Å². The number of fused-ring (bicyclic) bond motifs is 1. The molecule has 0 bridgehead atoms. The lowest BCUT2D eigenvalue weighted by molar-refractivity contribution is -0.155. The van der Waals surface area contributed by atoms with Gasteiger partial charge < -0.3 is 19.5 Å². The van der Waals surface area contributed by atoms with E-state index in [1.165, 1.54) is 6.20 Å². The van der Waals surface area contributed by atoms with Gasteiger partial charge in [-0.15, -0.1) is 0 Å². The summed E-state index contributed by atoms with van der Waals surface area (Å²) in [5.74, 6) is -2.02. The number of amides is 1. The first kappa shape index (κ1) is 31.5. The molecule has 11 nitrogen and oxygen atoms in total. The Hall–Kier alpha value is -3.88. The highest BCUT2D eigenvalue weighted by Crippen LogP contribution is 2.41. The van der Waals surface area contributed by atoms with E-state index >= 15 is 0 Å². The van der Waals surface area contributed by atoms with Gasteiger partial charge in [-0.1, -0.05) is 30.3 Å². The summed E-state index contributed by atoms with van der Waals surface area (Å²) in [7, 11) is -3.80. The zero-order valence-electron chi connectivity index (χ0n) is 24.7. The third-order valence-corrected chi connectivity index (χ3v) is 8.32. The summed E-state index contributed by atoms with van der Waals surface area (Å²) >= 11 is 0. The van der Waals surface area contributed by atoms with Crippen LogP contribution in [0.15, 0.2) is 54.7 Å². The van der Waals surface area contributed by atoms with Gasteiger partial charge >= 0.3 is 12.1 Å². The molecule has 3 aromatic rings. The number of nitrogens with one attached hydrogen (secondary N) is 1. The Morgan fingerprint density at radius 2 is 1.84 bits per heavy atom. The first-order valence-corrected chi connectivity index (χ1v) is 15.9. The van der Waals surface area contributed by atoms with E-state index in [9.17, 15) is 26.8 Å². The summed E-state index contributed by atoms with van der Waals surface area (Å²) in [5.41, 5.74) is 0.508. The van der Waals surface area contributed by atoms with Gasteiger partial charge in [-0.25, -0.2) is 26.8 Å². The summed E-state index contributed by atoms with van der Waals surface area (Å²) in [5, 5.41) is 6.74. The van der Waals surface area contributed by atoms with Crippen LogP contribution in [-0.4, -0.2) is 65.1 Å². The van der Waals surface area contributed by atoms with Crippen LogP contribution in [0.3, 0.4) is 0 Å². The smallest absolute Gasteiger partial charge is 0.407 e. The normalized spacial score (nSPS) is 22.3. The SMILES string of the molecule is CC(C)(C)OC(=O)N[C@H]1C[C@@H](N2Cc3c(cnn3S(C)(=O)=O)[C@@H]2C(=O)OCc2ccccc2)CO[C@@H]1c1cc(F)ccc1F. The van der Waals surface area contributed by atoms with Gasteiger partial charge in [-0.05, 0) is 51.0 Å². The maximum atomic E-state index is 14.9. The van der Waals surface area contributed by atoms with E-state index < -0.39 is 63.6 Å². The average Bonchev–Trinajstić information content (AvgIpc) is 3.52. The van der Waals surface area contributed by atoms with Crippen LogP contribution in [0.2, 0.25) is 0 Å².